The Kier molecular flexibility index (Phi) is 7.52. The van der Waals surface area contributed by atoms with E-state index in [0.29, 0.717) is 40.2 Å². The van der Waals surface area contributed by atoms with E-state index in [-0.39, 0.29) is 23.8 Å². The summed E-state index contributed by atoms with van der Waals surface area (Å²) in [5.74, 6) is 1.02. The van der Waals surface area contributed by atoms with E-state index < -0.39 is 11.9 Å². The Bertz CT molecular complexity index is 1360. The van der Waals surface area contributed by atoms with Gasteiger partial charge in [-0.05, 0) is 48.9 Å². The maximum Gasteiger partial charge on any atom is 0.349 e. The predicted octanol–water partition coefficient (Wildman–Crippen LogP) is 4.95. The molecule has 184 valence electrons. The van der Waals surface area contributed by atoms with Gasteiger partial charge in [0, 0.05) is 16.7 Å². The maximum absolute atomic E-state index is 12.3. The van der Waals surface area contributed by atoms with Gasteiger partial charge in [0.1, 0.15) is 28.9 Å². The number of hydrogen-bond acceptors (Lipinski definition) is 8. The highest BCUT2D eigenvalue weighted by Crippen LogP contribution is 2.45. The van der Waals surface area contributed by atoms with Gasteiger partial charge in [-0.3, -0.25) is 0 Å². The first kappa shape index (κ1) is 24.8. The summed E-state index contributed by atoms with van der Waals surface area (Å²) >= 11 is 5.93. The van der Waals surface area contributed by atoms with Crippen LogP contribution in [0, 0.1) is 11.3 Å². The Balaban J connectivity index is 1.58. The summed E-state index contributed by atoms with van der Waals surface area (Å²) < 4.78 is 27.6. The number of ether oxygens (including phenoxy) is 5. The van der Waals surface area contributed by atoms with Gasteiger partial charge in [0.05, 0.1) is 19.6 Å². The van der Waals surface area contributed by atoms with Crippen molar-refractivity contribution in [1.29, 1.82) is 5.26 Å². The zero-order chi connectivity index (χ0) is 25.7. The number of methoxy groups -OCH3 is 1. The van der Waals surface area contributed by atoms with Gasteiger partial charge < -0.3 is 29.4 Å². The van der Waals surface area contributed by atoms with Crippen molar-refractivity contribution in [2.24, 2.45) is 5.73 Å². The van der Waals surface area contributed by atoms with E-state index in [1.165, 1.54) is 0 Å². The van der Waals surface area contributed by atoms with E-state index in [1.54, 1.807) is 61.7 Å². The molecule has 4 rings (SSSR count). The molecule has 3 aromatic rings. The molecule has 9 heteroatoms. The van der Waals surface area contributed by atoms with Crippen molar-refractivity contribution in [2.45, 2.75) is 12.8 Å². The van der Waals surface area contributed by atoms with Gasteiger partial charge in [-0.15, -0.1) is 0 Å². The zero-order valence-corrected chi connectivity index (χ0v) is 20.4. The Hall–Kier alpha value is -4.35. The smallest absolute Gasteiger partial charge is 0.349 e. The third-order valence-corrected chi connectivity index (χ3v) is 5.63. The number of esters is 1. The summed E-state index contributed by atoms with van der Waals surface area (Å²) in [6.45, 7) is 2.05. The number of allylic oxidation sites excluding steroid dienone is 1. The van der Waals surface area contributed by atoms with Crippen LogP contribution >= 0.6 is 11.6 Å². The molecule has 0 saturated heterocycles. The molecular weight excluding hydrogens is 484 g/mol. The number of halogens is 1. The normalized spacial score (nSPS) is 14.2. The van der Waals surface area contributed by atoms with Gasteiger partial charge in [-0.1, -0.05) is 29.8 Å². The largest absolute Gasteiger partial charge is 0.493 e. The molecule has 3 aromatic carbocycles. The van der Waals surface area contributed by atoms with Crippen molar-refractivity contribution in [3.05, 3.63) is 88.3 Å². The van der Waals surface area contributed by atoms with Crippen LogP contribution in [0.4, 0.5) is 0 Å². The summed E-state index contributed by atoms with van der Waals surface area (Å²) in [7, 11) is 1.55. The molecule has 0 aromatic heterocycles. The van der Waals surface area contributed by atoms with Crippen LogP contribution < -0.4 is 29.4 Å². The first-order valence-corrected chi connectivity index (χ1v) is 11.4. The number of benzene rings is 3. The van der Waals surface area contributed by atoms with Gasteiger partial charge in [-0.2, -0.15) is 5.26 Å². The number of nitrogens with zero attached hydrogens (tertiary/aromatic N) is 1. The highest BCUT2D eigenvalue weighted by molar-refractivity contribution is 6.30. The number of fused-ring (bicyclic) bond motifs is 1. The SMILES string of the molecule is CCOc1ccc(C2C(C#N)=C(N)Oc3cc(OC(=O)COc4cccc(Cl)c4)ccc32)cc1OC. The molecular formula is C27H23ClN2O6. The molecule has 2 N–H and O–H groups in total. The molecule has 0 amide bonds. The zero-order valence-electron chi connectivity index (χ0n) is 19.6. The third kappa shape index (κ3) is 5.32. The average Bonchev–Trinajstić information content (AvgIpc) is 2.87. The second-order valence-corrected chi connectivity index (χ2v) is 8.12. The minimum Gasteiger partial charge on any atom is -0.493 e. The Morgan fingerprint density at radius 1 is 1.08 bits per heavy atom. The van der Waals surface area contributed by atoms with E-state index in [9.17, 15) is 10.1 Å². The average molecular weight is 507 g/mol. The molecule has 0 bridgehead atoms. The topological polar surface area (TPSA) is 113 Å². The summed E-state index contributed by atoms with van der Waals surface area (Å²) in [5.41, 5.74) is 7.80. The highest BCUT2D eigenvalue weighted by Gasteiger charge is 2.31. The van der Waals surface area contributed by atoms with E-state index in [4.69, 9.17) is 41.0 Å². The van der Waals surface area contributed by atoms with Crippen LogP contribution in [-0.2, 0) is 4.79 Å². The minimum atomic E-state index is -0.611. The van der Waals surface area contributed by atoms with Gasteiger partial charge in [0.2, 0.25) is 5.88 Å². The first-order valence-electron chi connectivity index (χ1n) is 11.0. The van der Waals surface area contributed by atoms with E-state index >= 15 is 0 Å². The maximum atomic E-state index is 12.3. The van der Waals surface area contributed by atoms with Crippen molar-refractivity contribution >= 4 is 17.6 Å². The molecule has 0 spiro atoms. The first-order chi connectivity index (χ1) is 17.4. The number of rotatable bonds is 8. The van der Waals surface area contributed by atoms with Crippen LogP contribution in [0.3, 0.4) is 0 Å². The number of nitriles is 1. The van der Waals surface area contributed by atoms with Gasteiger partial charge >= 0.3 is 5.97 Å². The number of nitrogens with two attached hydrogens (primary N) is 1. The van der Waals surface area contributed by atoms with Crippen molar-refractivity contribution in [3.63, 3.8) is 0 Å². The van der Waals surface area contributed by atoms with E-state index in [0.717, 1.165) is 5.56 Å². The number of carbonyl (C=O) groups excluding carboxylic acids is 1. The van der Waals surface area contributed by atoms with Crippen molar-refractivity contribution in [1.82, 2.24) is 0 Å². The quantitative estimate of drug-likeness (QED) is 0.337. The second kappa shape index (κ2) is 10.9. The van der Waals surface area contributed by atoms with E-state index in [2.05, 4.69) is 6.07 Å². The molecule has 0 radical (unpaired) electrons. The van der Waals surface area contributed by atoms with Crippen LogP contribution in [0.1, 0.15) is 24.0 Å². The summed E-state index contributed by atoms with van der Waals surface area (Å²) in [6.07, 6.45) is 0. The molecule has 1 aliphatic heterocycles. The summed E-state index contributed by atoms with van der Waals surface area (Å²) in [6, 6.07) is 19.2. The fourth-order valence-electron chi connectivity index (χ4n) is 3.84. The van der Waals surface area contributed by atoms with Crippen molar-refractivity contribution in [3.8, 4) is 34.8 Å². The van der Waals surface area contributed by atoms with Crippen molar-refractivity contribution in [2.75, 3.05) is 20.3 Å². The fraction of sp³-hybridized carbons (Fsp3) is 0.185. The molecule has 1 atom stereocenters. The van der Waals surface area contributed by atoms with Crippen LogP contribution in [0.5, 0.6) is 28.7 Å². The van der Waals surface area contributed by atoms with Crippen molar-refractivity contribution < 1.29 is 28.5 Å². The molecule has 0 fully saturated rings. The predicted molar refractivity (Wildman–Crippen MR) is 132 cm³/mol. The van der Waals surface area contributed by atoms with Crippen LogP contribution in [0.2, 0.25) is 5.02 Å². The van der Waals surface area contributed by atoms with Gasteiger partial charge in [0.15, 0.2) is 18.1 Å². The molecule has 36 heavy (non-hydrogen) atoms. The molecule has 1 heterocycles. The Labute approximate surface area is 213 Å². The highest BCUT2D eigenvalue weighted by atomic mass is 35.5. The summed E-state index contributed by atoms with van der Waals surface area (Å²) in [4.78, 5) is 12.3. The van der Waals surface area contributed by atoms with Gasteiger partial charge in [-0.25, -0.2) is 4.79 Å². The lowest BCUT2D eigenvalue weighted by Crippen LogP contribution is -2.21. The van der Waals surface area contributed by atoms with Crippen LogP contribution in [0.25, 0.3) is 0 Å². The lowest BCUT2D eigenvalue weighted by Gasteiger charge is -2.27. The molecule has 0 saturated carbocycles. The van der Waals surface area contributed by atoms with Crippen LogP contribution in [0.15, 0.2) is 72.1 Å². The lowest BCUT2D eigenvalue weighted by atomic mass is 9.83. The molecule has 0 aliphatic carbocycles. The molecule has 8 nitrogen and oxygen atoms in total. The van der Waals surface area contributed by atoms with Crippen LogP contribution in [-0.4, -0.2) is 26.3 Å². The number of carbonyl (C=O) groups is 1. The lowest BCUT2D eigenvalue weighted by molar-refractivity contribution is -0.136. The van der Waals surface area contributed by atoms with E-state index in [1.807, 2.05) is 13.0 Å². The minimum absolute atomic E-state index is 0.0318. The number of hydrogen-bond donors (Lipinski definition) is 1. The third-order valence-electron chi connectivity index (χ3n) is 5.40. The summed E-state index contributed by atoms with van der Waals surface area (Å²) in [5, 5.41) is 10.3. The fourth-order valence-corrected chi connectivity index (χ4v) is 4.02. The second-order valence-electron chi connectivity index (χ2n) is 7.69. The molecule has 1 aliphatic rings. The Morgan fingerprint density at radius 3 is 2.64 bits per heavy atom. The standard InChI is InChI=1S/C27H23ClN2O6/c1-3-33-22-10-7-16(11-24(22)32-2)26-20-9-8-19(13-23(20)36-27(30)21(26)14-29)35-25(31)15-34-18-6-4-5-17(28)12-18/h4-13,26H,3,15,30H2,1-2H3. The van der Waals surface area contributed by atoms with Gasteiger partial charge in [0.25, 0.3) is 0 Å². The molecule has 1 unspecified atom stereocenters. The Morgan fingerprint density at radius 2 is 1.92 bits per heavy atom. The monoisotopic (exact) mass is 506 g/mol.